The van der Waals surface area contributed by atoms with Crippen LogP contribution in [0.15, 0.2) is 12.2 Å². The van der Waals surface area contributed by atoms with E-state index >= 15 is 0 Å². The monoisotopic (exact) mass is 236 g/mol. The van der Waals surface area contributed by atoms with Gasteiger partial charge >= 0.3 is 0 Å². The molecule has 6 atom stereocenters. The molecule has 0 N–H and O–H groups in total. The standard InChI is InChI=1S/C15H24O2/c1-10-4-6-13-11(2)5-7-14(12(3)9-16)17-15(13)8-10/h4,6,9-15H,5,7-8H2,1-3H3/t10?,11-,12?,13?,14?,15?/m1/s1. The van der Waals surface area contributed by atoms with Crippen LogP contribution in [0.5, 0.6) is 0 Å². The van der Waals surface area contributed by atoms with E-state index in [1.807, 2.05) is 6.92 Å². The minimum atomic E-state index is 0.0298. The Morgan fingerprint density at radius 2 is 2.06 bits per heavy atom. The first kappa shape index (κ1) is 12.8. The lowest BCUT2D eigenvalue weighted by Crippen LogP contribution is -2.34. The molecular weight excluding hydrogens is 212 g/mol. The largest absolute Gasteiger partial charge is 0.374 e. The van der Waals surface area contributed by atoms with Gasteiger partial charge in [-0.05, 0) is 31.1 Å². The smallest absolute Gasteiger partial charge is 0.125 e. The van der Waals surface area contributed by atoms with Gasteiger partial charge in [0.25, 0.3) is 0 Å². The van der Waals surface area contributed by atoms with E-state index in [2.05, 4.69) is 26.0 Å². The third-order valence-electron chi connectivity index (χ3n) is 4.41. The maximum Gasteiger partial charge on any atom is 0.125 e. The van der Waals surface area contributed by atoms with E-state index in [1.165, 1.54) is 6.42 Å². The number of ether oxygens (including phenoxy) is 1. The second-order valence-corrected chi connectivity index (χ2v) is 5.94. The van der Waals surface area contributed by atoms with Gasteiger partial charge in [0.05, 0.1) is 12.2 Å². The molecule has 2 nitrogen and oxygen atoms in total. The third-order valence-corrected chi connectivity index (χ3v) is 4.41. The molecule has 1 aliphatic heterocycles. The zero-order valence-electron chi connectivity index (χ0n) is 11.1. The van der Waals surface area contributed by atoms with Gasteiger partial charge in [-0.15, -0.1) is 0 Å². The summed E-state index contributed by atoms with van der Waals surface area (Å²) in [5.74, 6) is 1.86. The number of hydrogen-bond acceptors (Lipinski definition) is 2. The molecule has 0 amide bonds. The van der Waals surface area contributed by atoms with E-state index in [0.29, 0.717) is 23.9 Å². The Kier molecular flexibility index (Phi) is 4.03. The van der Waals surface area contributed by atoms with Crippen molar-refractivity contribution >= 4 is 6.29 Å². The van der Waals surface area contributed by atoms with Gasteiger partial charge in [-0.2, -0.15) is 0 Å². The van der Waals surface area contributed by atoms with Crippen molar-refractivity contribution in [3.05, 3.63) is 12.2 Å². The molecule has 96 valence electrons. The number of carbonyl (C=O) groups is 1. The molecule has 0 saturated carbocycles. The highest BCUT2D eigenvalue weighted by molar-refractivity contribution is 5.53. The van der Waals surface area contributed by atoms with E-state index < -0.39 is 0 Å². The van der Waals surface area contributed by atoms with Crippen molar-refractivity contribution in [2.45, 2.75) is 52.2 Å². The molecule has 1 saturated heterocycles. The predicted octanol–water partition coefficient (Wildman–Crippen LogP) is 3.22. The first-order valence-electron chi connectivity index (χ1n) is 6.91. The van der Waals surface area contributed by atoms with Crippen molar-refractivity contribution in [1.82, 2.24) is 0 Å². The van der Waals surface area contributed by atoms with Crippen LogP contribution in [0.4, 0.5) is 0 Å². The molecule has 0 spiro atoms. The van der Waals surface area contributed by atoms with Gasteiger partial charge in [-0.25, -0.2) is 0 Å². The zero-order valence-corrected chi connectivity index (χ0v) is 11.1. The van der Waals surface area contributed by atoms with Crippen LogP contribution in [0.2, 0.25) is 0 Å². The molecule has 2 aliphatic rings. The van der Waals surface area contributed by atoms with Crippen LogP contribution in [-0.4, -0.2) is 18.5 Å². The van der Waals surface area contributed by atoms with E-state index in [1.54, 1.807) is 0 Å². The normalized spacial score (nSPS) is 43.6. The molecule has 2 heteroatoms. The first-order chi connectivity index (χ1) is 8.11. The maximum atomic E-state index is 10.9. The molecule has 0 radical (unpaired) electrons. The second kappa shape index (κ2) is 5.34. The van der Waals surface area contributed by atoms with Gasteiger partial charge in [0.15, 0.2) is 0 Å². The van der Waals surface area contributed by atoms with Crippen molar-refractivity contribution < 1.29 is 9.53 Å². The topological polar surface area (TPSA) is 26.3 Å². The molecule has 0 bridgehead atoms. The fraction of sp³-hybridized carbons (Fsp3) is 0.800. The molecule has 2 rings (SSSR count). The maximum absolute atomic E-state index is 10.9. The Labute approximate surface area is 104 Å². The fourth-order valence-electron chi connectivity index (χ4n) is 3.13. The summed E-state index contributed by atoms with van der Waals surface area (Å²) in [6.45, 7) is 6.53. The van der Waals surface area contributed by atoms with Crippen LogP contribution in [0.25, 0.3) is 0 Å². The summed E-state index contributed by atoms with van der Waals surface area (Å²) < 4.78 is 6.23. The number of hydrogen-bond donors (Lipinski definition) is 0. The van der Waals surface area contributed by atoms with Gasteiger partial charge in [-0.3, -0.25) is 0 Å². The molecule has 5 unspecified atom stereocenters. The summed E-state index contributed by atoms with van der Waals surface area (Å²) in [6.07, 6.45) is 9.45. The quantitative estimate of drug-likeness (QED) is 0.543. The van der Waals surface area contributed by atoms with Crippen molar-refractivity contribution in [3.63, 3.8) is 0 Å². The Hall–Kier alpha value is -0.630. The Bertz CT molecular complexity index is 297. The minimum absolute atomic E-state index is 0.0298. The Morgan fingerprint density at radius 3 is 2.76 bits per heavy atom. The molecule has 0 aromatic rings. The molecule has 0 aromatic heterocycles. The number of rotatable bonds is 2. The van der Waals surface area contributed by atoms with Crippen LogP contribution in [0.1, 0.15) is 40.0 Å². The van der Waals surface area contributed by atoms with E-state index in [4.69, 9.17) is 4.74 Å². The molecule has 17 heavy (non-hydrogen) atoms. The van der Waals surface area contributed by atoms with Gasteiger partial charge in [-0.1, -0.05) is 32.9 Å². The van der Waals surface area contributed by atoms with Gasteiger partial charge < -0.3 is 9.53 Å². The van der Waals surface area contributed by atoms with Gasteiger partial charge in [0.2, 0.25) is 0 Å². The number of aldehydes is 1. The summed E-state index contributed by atoms with van der Waals surface area (Å²) in [5, 5.41) is 0. The summed E-state index contributed by atoms with van der Waals surface area (Å²) in [5.41, 5.74) is 0. The fourth-order valence-corrected chi connectivity index (χ4v) is 3.13. The molecule has 0 aromatic carbocycles. The third kappa shape index (κ3) is 2.79. The van der Waals surface area contributed by atoms with E-state index in [-0.39, 0.29) is 12.0 Å². The van der Waals surface area contributed by atoms with Gasteiger partial charge in [0.1, 0.15) is 6.29 Å². The average Bonchev–Trinajstić information content (AvgIpc) is 2.48. The van der Waals surface area contributed by atoms with Crippen molar-refractivity contribution in [2.24, 2.45) is 23.7 Å². The Balaban J connectivity index is 2.12. The lowest BCUT2D eigenvalue weighted by atomic mass is 9.79. The number of allylic oxidation sites excluding steroid dienone is 1. The lowest BCUT2D eigenvalue weighted by Gasteiger charge is -2.33. The van der Waals surface area contributed by atoms with Crippen molar-refractivity contribution in [3.8, 4) is 0 Å². The predicted molar refractivity (Wildman–Crippen MR) is 68.7 cm³/mol. The van der Waals surface area contributed by atoms with Crippen molar-refractivity contribution in [1.29, 1.82) is 0 Å². The van der Waals surface area contributed by atoms with Crippen LogP contribution < -0.4 is 0 Å². The highest BCUT2D eigenvalue weighted by atomic mass is 16.5. The molecule has 1 fully saturated rings. The lowest BCUT2D eigenvalue weighted by molar-refractivity contribution is -0.119. The van der Waals surface area contributed by atoms with Gasteiger partial charge in [0, 0.05) is 11.8 Å². The highest BCUT2D eigenvalue weighted by Crippen LogP contribution is 2.37. The second-order valence-electron chi connectivity index (χ2n) is 5.94. The zero-order chi connectivity index (χ0) is 12.4. The summed E-state index contributed by atoms with van der Waals surface area (Å²) in [4.78, 5) is 10.9. The molecule has 1 heterocycles. The van der Waals surface area contributed by atoms with Crippen LogP contribution >= 0.6 is 0 Å². The van der Waals surface area contributed by atoms with E-state index in [0.717, 1.165) is 19.1 Å². The van der Waals surface area contributed by atoms with Crippen LogP contribution in [0.3, 0.4) is 0 Å². The number of carbonyl (C=O) groups excluding carboxylic acids is 1. The summed E-state index contributed by atoms with van der Waals surface area (Å²) >= 11 is 0. The van der Waals surface area contributed by atoms with Crippen LogP contribution in [-0.2, 0) is 9.53 Å². The summed E-state index contributed by atoms with van der Waals surface area (Å²) in [7, 11) is 0. The highest BCUT2D eigenvalue weighted by Gasteiger charge is 2.36. The van der Waals surface area contributed by atoms with Crippen LogP contribution in [0, 0.1) is 23.7 Å². The average molecular weight is 236 g/mol. The Morgan fingerprint density at radius 1 is 1.29 bits per heavy atom. The van der Waals surface area contributed by atoms with E-state index in [9.17, 15) is 4.79 Å². The minimum Gasteiger partial charge on any atom is -0.374 e. The molecule has 1 aliphatic carbocycles. The molecular formula is C15H24O2. The van der Waals surface area contributed by atoms with Crippen molar-refractivity contribution in [2.75, 3.05) is 0 Å². The first-order valence-corrected chi connectivity index (χ1v) is 6.91. The number of fused-ring (bicyclic) bond motifs is 1. The summed E-state index contributed by atoms with van der Waals surface area (Å²) in [6, 6.07) is 0. The SMILES string of the molecule is CC1C=CC2C(C1)OC(C(C)C=O)CC[C@H]2C.